The van der Waals surface area contributed by atoms with Crippen molar-refractivity contribution in [1.82, 2.24) is 14.7 Å². The van der Waals surface area contributed by atoms with Gasteiger partial charge in [-0.15, -0.1) is 0 Å². The van der Waals surface area contributed by atoms with E-state index in [0.29, 0.717) is 49.5 Å². The smallest absolute Gasteiger partial charge is 0.309 e. The number of likely N-dealkylation sites (tertiary alicyclic amines) is 1. The number of hydrogen-bond acceptors (Lipinski definition) is 4. The number of ether oxygens (including phenoxy) is 1. The molecule has 1 saturated heterocycles. The summed E-state index contributed by atoms with van der Waals surface area (Å²) >= 11 is 0. The lowest BCUT2D eigenvalue weighted by atomic mass is 9.96. The van der Waals surface area contributed by atoms with E-state index in [4.69, 9.17) is 4.74 Å². The minimum atomic E-state index is -0.318. The lowest BCUT2D eigenvalue weighted by Crippen LogP contribution is -2.41. The number of nitrogens with zero attached hydrogens (tertiary/aromatic N) is 3. The zero-order chi connectivity index (χ0) is 19.6. The highest BCUT2D eigenvalue weighted by Gasteiger charge is 2.31. The van der Waals surface area contributed by atoms with Crippen LogP contribution in [0.2, 0.25) is 0 Å². The van der Waals surface area contributed by atoms with Crippen molar-refractivity contribution in [2.75, 3.05) is 19.7 Å². The highest BCUT2D eigenvalue weighted by molar-refractivity contribution is 5.96. The van der Waals surface area contributed by atoms with Gasteiger partial charge in [-0.3, -0.25) is 9.59 Å². The lowest BCUT2D eigenvalue weighted by molar-refractivity contribution is -0.149. The van der Waals surface area contributed by atoms with Crippen LogP contribution in [0.5, 0.6) is 0 Å². The number of halogens is 1. The molecule has 0 atom stereocenters. The van der Waals surface area contributed by atoms with Crippen LogP contribution < -0.4 is 0 Å². The third kappa shape index (κ3) is 3.86. The maximum Gasteiger partial charge on any atom is 0.309 e. The summed E-state index contributed by atoms with van der Waals surface area (Å²) in [4.78, 5) is 26.7. The molecule has 0 bridgehead atoms. The summed E-state index contributed by atoms with van der Waals surface area (Å²) in [5.74, 6) is -0.721. The molecule has 1 fully saturated rings. The van der Waals surface area contributed by atoms with Gasteiger partial charge in [-0.2, -0.15) is 5.10 Å². The van der Waals surface area contributed by atoms with E-state index >= 15 is 0 Å². The Morgan fingerprint density at radius 1 is 1.19 bits per heavy atom. The zero-order valence-electron chi connectivity index (χ0n) is 15.9. The Bertz CT molecular complexity index is 837. The van der Waals surface area contributed by atoms with Gasteiger partial charge >= 0.3 is 5.97 Å². The van der Waals surface area contributed by atoms with Crippen molar-refractivity contribution in [3.8, 4) is 5.69 Å². The summed E-state index contributed by atoms with van der Waals surface area (Å²) < 4.78 is 19.9. The molecule has 0 aliphatic carbocycles. The van der Waals surface area contributed by atoms with Crippen LogP contribution in [0.15, 0.2) is 24.3 Å². The molecule has 3 rings (SSSR count). The predicted molar refractivity (Wildman–Crippen MR) is 98.3 cm³/mol. The molecule has 0 radical (unpaired) electrons. The number of aryl methyl sites for hydroxylation is 1. The van der Waals surface area contributed by atoms with Gasteiger partial charge in [-0.1, -0.05) is 0 Å². The minimum absolute atomic E-state index is 0.0827. The fourth-order valence-electron chi connectivity index (χ4n) is 3.52. The van der Waals surface area contributed by atoms with E-state index in [1.54, 1.807) is 35.6 Å². The molecule has 7 heteroatoms. The second-order valence-corrected chi connectivity index (χ2v) is 6.75. The number of amides is 1. The van der Waals surface area contributed by atoms with E-state index in [1.807, 2.05) is 6.92 Å². The molecule has 27 heavy (non-hydrogen) atoms. The van der Waals surface area contributed by atoms with Crippen molar-refractivity contribution >= 4 is 11.9 Å². The van der Waals surface area contributed by atoms with E-state index in [-0.39, 0.29) is 23.6 Å². The van der Waals surface area contributed by atoms with Crippen LogP contribution in [0, 0.1) is 25.6 Å². The first kappa shape index (κ1) is 19.1. The van der Waals surface area contributed by atoms with E-state index in [0.717, 1.165) is 5.69 Å². The van der Waals surface area contributed by atoms with Gasteiger partial charge in [0.05, 0.1) is 35.2 Å². The fraction of sp³-hybridized carbons (Fsp3) is 0.450. The fourth-order valence-corrected chi connectivity index (χ4v) is 3.52. The monoisotopic (exact) mass is 373 g/mol. The molecule has 2 heterocycles. The maximum absolute atomic E-state index is 13.2. The molecule has 1 aliphatic heterocycles. The quantitative estimate of drug-likeness (QED) is 0.773. The first-order valence-electron chi connectivity index (χ1n) is 9.20. The van der Waals surface area contributed by atoms with E-state index in [2.05, 4.69) is 5.10 Å². The van der Waals surface area contributed by atoms with Gasteiger partial charge in [0.25, 0.3) is 5.91 Å². The number of hydrogen-bond donors (Lipinski definition) is 0. The molecule has 1 aliphatic rings. The summed E-state index contributed by atoms with van der Waals surface area (Å²) in [5, 5.41) is 4.47. The Kier molecular flexibility index (Phi) is 5.58. The zero-order valence-corrected chi connectivity index (χ0v) is 15.9. The van der Waals surface area contributed by atoms with Crippen LogP contribution in [-0.2, 0) is 9.53 Å². The van der Waals surface area contributed by atoms with Gasteiger partial charge in [-0.25, -0.2) is 9.07 Å². The molecule has 144 valence electrons. The Morgan fingerprint density at radius 3 is 2.41 bits per heavy atom. The number of rotatable bonds is 4. The molecule has 0 saturated carbocycles. The van der Waals surface area contributed by atoms with Crippen LogP contribution >= 0.6 is 0 Å². The summed E-state index contributed by atoms with van der Waals surface area (Å²) in [5.41, 5.74) is 2.62. The molecule has 0 unspecified atom stereocenters. The number of benzene rings is 1. The molecule has 0 spiro atoms. The SMILES string of the molecule is CCOC(=O)C1CCN(C(=O)c2c(C)nn(-c3ccc(F)cc3)c2C)CC1. The van der Waals surface area contributed by atoms with E-state index < -0.39 is 0 Å². The average Bonchev–Trinajstić information content (AvgIpc) is 2.96. The molecule has 1 amide bonds. The summed E-state index contributed by atoms with van der Waals surface area (Å²) in [7, 11) is 0. The third-order valence-corrected chi connectivity index (χ3v) is 4.98. The second-order valence-electron chi connectivity index (χ2n) is 6.75. The molecule has 1 aromatic carbocycles. The van der Waals surface area contributed by atoms with Crippen LogP contribution in [0.25, 0.3) is 5.69 Å². The largest absolute Gasteiger partial charge is 0.466 e. The van der Waals surface area contributed by atoms with Crippen molar-refractivity contribution in [3.05, 3.63) is 47.0 Å². The number of aromatic nitrogens is 2. The van der Waals surface area contributed by atoms with E-state index in [1.165, 1.54) is 12.1 Å². The molecule has 6 nitrogen and oxygen atoms in total. The van der Waals surface area contributed by atoms with Gasteiger partial charge in [0, 0.05) is 13.1 Å². The van der Waals surface area contributed by atoms with Crippen molar-refractivity contribution < 1.29 is 18.7 Å². The van der Waals surface area contributed by atoms with Crippen molar-refractivity contribution in [2.24, 2.45) is 5.92 Å². The number of esters is 1. The predicted octanol–water partition coefficient (Wildman–Crippen LogP) is 3.04. The van der Waals surface area contributed by atoms with Gasteiger partial charge in [0.15, 0.2) is 0 Å². The first-order valence-corrected chi connectivity index (χ1v) is 9.20. The molecule has 1 aromatic heterocycles. The van der Waals surface area contributed by atoms with E-state index in [9.17, 15) is 14.0 Å². The third-order valence-electron chi connectivity index (χ3n) is 4.98. The molecular weight excluding hydrogens is 349 g/mol. The Labute approximate surface area is 157 Å². The standard InChI is InChI=1S/C20H24FN3O3/c1-4-27-20(26)15-9-11-23(12-10-15)19(25)18-13(2)22-24(14(18)3)17-7-5-16(21)6-8-17/h5-8,15H,4,9-12H2,1-3H3. The number of carbonyl (C=O) groups is 2. The Morgan fingerprint density at radius 2 is 1.81 bits per heavy atom. The van der Waals surface area contributed by atoms with Gasteiger partial charge in [0.1, 0.15) is 5.82 Å². The average molecular weight is 373 g/mol. The second kappa shape index (κ2) is 7.90. The minimum Gasteiger partial charge on any atom is -0.466 e. The van der Waals surface area contributed by atoms with Crippen molar-refractivity contribution in [2.45, 2.75) is 33.6 Å². The summed E-state index contributed by atoms with van der Waals surface area (Å²) in [6.07, 6.45) is 1.21. The van der Waals surface area contributed by atoms with Crippen LogP contribution in [0.3, 0.4) is 0 Å². The molecule has 2 aromatic rings. The maximum atomic E-state index is 13.2. The van der Waals surface area contributed by atoms with Gasteiger partial charge in [-0.05, 0) is 57.9 Å². The molecule has 0 N–H and O–H groups in total. The topological polar surface area (TPSA) is 64.4 Å². The number of piperidine rings is 1. The van der Waals surface area contributed by atoms with Crippen molar-refractivity contribution in [3.63, 3.8) is 0 Å². The number of carbonyl (C=O) groups excluding carboxylic acids is 2. The normalized spacial score (nSPS) is 15.0. The lowest BCUT2D eigenvalue weighted by Gasteiger charge is -2.31. The Balaban J connectivity index is 1.76. The van der Waals surface area contributed by atoms with Crippen LogP contribution in [0.1, 0.15) is 41.5 Å². The molecular formula is C20H24FN3O3. The van der Waals surface area contributed by atoms with Gasteiger partial charge < -0.3 is 9.64 Å². The summed E-state index contributed by atoms with van der Waals surface area (Å²) in [6.45, 7) is 6.83. The highest BCUT2D eigenvalue weighted by Crippen LogP contribution is 2.24. The highest BCUT2D eigenvalue weighted by atomic mass is 19.1. The summed E-state index contributed by atoms with van der Waals surface area (Å²) in [6, 6.07) is 6.00. The van der Waals surface area contributed by atoms with Crippen LogP contribution in [-0.4, -0.2) is 46.3 Å². The van der Waals surface area contributed by atoms with Gasteiger partial charge in [0.2, 0.25) is 0 Å². The van der Waals surface area contributed by atoms with Crippen LogP contribution in [0.4, 0.5) is 4.39 Å². The van der Waals surface area contributed by atoms with Crippen molar-refractivity contribution in [1.29, 1.82) is 0 Å². The first-order chi connectivity index (χ1) is 12.9. The Hall–Kier alpha value is -2.70.